The molecule has 0 atom stereocenters. The van der Waals surface area contributed by atoms with Crippen LogP contribution in [-0.2, 0) is 0 Å². The van der Waals surface area contributed by atoms with Gasteiger partial charge in [0.1, 0.15) is 25.4 Å². The summed E-state index contributed by atoms with van der Waals surface area (Å²) in [6, 6.07) is 19.6. The second-order valence-corrected chi connectivity index (χ2v) is 7.95. The zero-order valence-corrected chi connectivity index (χ0v) is 17.5. The highest BCUT2D eigenvalue weighted by Crippen LogP contribution is 2.41. The Labute approximate surface area is 166 Å². The summed E-state index contributed by atoms with van der Waals surface area (Å²) in [4.78, 5) is 2.10. The molecular weight excluding hydrogens is 344 g/mol. The molecule has 0 saturated heterocycles. The molecule has 1 aliphatic heterocycles. The summed E-state index contributed by atoms with van der Waals surface area (Å²) < 4.78 is 8.50. The van der Waals surface area contributed by atoms with Crippen LogP contribution in [0.5, 0.6) is 0 Å². The van der Waals surface area contributed by atoms with E-state index in [1.807, 2.05) is 0 Å². The molecule has 2 aromatic rings. The van der Waals surface area contributed by atoms with Crippen molar-refractivity contribution in [3.05, 3.63) is 71.1 Å². The van der Waals surface area contributed by atoms with Gasteiger partial charge in [-0.3, -0.25) is 0 Å². The third-order valence-corrected chi connectivity index (χ3v) is 5.37. The molecule has 1 aliphatic carbocycles. The van der Waals surface area contributed by atoms with Crippen LogP contribution in [0.1, 0.15) is 11.1 Å². The average molecular weight is 372 g/mol. The summed E-state index contributed by atoms with van der Waals surface area (Å²) in [6.07, 6.45) is 0. The molecule has 142 valence electrons. The van der Waals surface area contributed by atoms with E-state index in [0.717, 1.165) is 33.3 Å². The van der Waals surface area contributed by atoms with E-state index >= 15 is 0 Å². The first-order valence-electron chi connectivity index (χ1n) is 9.61. The van der Waals surface area contributed by atoms with Crippen LogP contribution >= 0.6 is 0 Å². The lowest BCUT2D eigenvalue weighted by Crippen LogP contribution is -2.21. The van der Waals surface area contributed by atoms with Gasteiger partial charge in [0.2, 0.25) is 5.36 Å². The Bertz CT molecular complexity index is 1230. The van der Waals surface area contributed by atoms with Gasteiger partial charge in [0, 0.05) is 48.4 Å². The van der Waals surface area contributed by atoms with Crippen LogP contribution in [0.3, 0.4) is 0 Å². The van der Waals surface area contributed by atoms with Crippen molar-refractivity contribution in [1.82, 2.24) is 4.58 Å². The van der Waals surface area contributed by atoms with Gasteiger partial charge < -0.3 is 9.32 Å². The highest BCUT2D eigenvalue weighted by atomic mass is 16.3. The molecule has 0 N–H and O–H groups in total. The van der Waals surface area contributed by atoms with Crippen LogP contribution in [-0.4, -0.2) is 28.2 Å². The Morgan fingerprint density at radius 3 is 2.25 bits per heavy atom. The minimum atomic E-state index is 0.907. The summed E-state index contributed by atoms with van der Waals surface area (Å²) >= 11 is 0. The van der Waals surface area contributed by atoms with Crippen molar-refractivity contribution in [2.24, 2.45) is 0 Å². The van der Waals surface area contributed by atoms with Gasteiger partial charge in [-0.05, 0) is 43.2 Å². The molecule has 28 heavy (non-hydrogen) atoms. The Balaban J connectivity index is 2.17. The lowest BCUT2D eigenvalue weighted by atomic mass is 9.90. The third-order valence-electron chi connectivity index (χ3n) is 5.37. The van der Waals surface area contributed by atoms with E-state index in [1.54, 1.807) is 0 Å². The van der Waals surface area contributed by atoms with E-state index < -0.39 is 0 Å². The molecule has 1 heterocycles. The average Bonchev–Trinajstić information content (AvgIpc) is 2.65. The molecule has 2 aliphatic rings. The van der Waals surface area contributed by atoms with Gasteiger partial charge in [0.15, 0.2) is 0 Å². The van der Waals surface area contributed by atoms with Crippen LogP contribution in [0.2, 0.25) is 0 Å². The standard InChI is InChI=1S/C25H27N2O/c1-16-7-10-20(17(2)13-16)25-21-11-8-18(26(3)4)14-23(21)28-24-15-19(27(5)6)9-12-22(24)25/h7-15H,1-6H3/q+1. The van der Waals surface area contributed by atoms with Crippen molar-refractivity contribution in [3.8, 4) is 22.5 Å². The number of aryl methyl sites for hydroxylation is 2. The quantitative estimate of drug-likeness (QED) is 0.368. The first-order valence-corrected chi connectivity index (χ1v) is 9.61. The minimum absolute atomic E-state index is 0.907. The maximum atomic E-state index is 6.40. The molecule has 0 amide bonds. The molecule has 2 aromatic carbocycles. The highest BCUT2D eigenvalue weighted by Gasteiger charge is 2.19. The monoisotopic (exact) mass is 371 g/mol. The molecule has 0 saturated carbocycles. The van der Waals surface area contributed by atoms with E-state index in [2.05, 4.69) is 106 Å². The van der Waals surface area contributed by atoms with Crippen LogP contribution in [0.4, 0.5) is 5.69 Å². The normalized spacial score (nSPS) is 11.2. The van der Waals surface area contributed by atoms with Crippen LogP contribution in [0.15, 0.2) is 59.0 Å². The van der Waals surface area contributed by atoms with Gasteiger partial charge in [0.05, 0.1) is 6.07 Å². The molecule has 4 rings (SSSR count). The van der Waals surface area contributed by atoms with Gasteiger partial charge in [0.25, 0.3) is 0 Å². The Morgan fingerprint density at radius 2 is 1.57 bits per heavy atom. The largest absolute Gasteiger partial charge is 0.456 e. The smallest absolute Gasteiger partial charge is 0.203 e. The number of rotatable bonds is 2. The summed E-state index contributed by atoms with van der Waals surface area (Å²) in [7, 11) is 8.21. The third kappa shape index (κ3) is 3.07. The number of fused-ring (bicyclic) bond motifs is 2. The number of hydrogen-bond acceptors (Lipinski definition) is 2. The SMILES string of the molecule is Cc1ccc(-c2c3ccc(=[N+](C)C)cc-3oc3cc(N(C)C)ccc23)c(C)c1. The maximum absolute atomic E-state index is 6.40. The van der Waals surface area contributed by atoms with E-state index in [-0.39, 0.29) is 0 Å². The van der Waals surface area contributed by atoms with Crippen molar-refractivity contribution >= 4 is 16.7 Å². The lowest BCUT2D eigenvalue weighted by Gasteiger charge is -2.19. The van der Waals surface area contributed by atoms with E-state index in [0.29, 0.717) is 0 Å². The maximum Gasteiger partial charge on any atom is 0.203 e. The van der Waals surface area contributed by atoms with Gasteiger partial charge in [-0.1, -0.05) is 23.8 Å². The van der Waals surface area contributed by atoms with Crippen molar-refractivity contribution in [1.29, 1.82) is 0 Å². The predicted octanol–water partition coefficient (Wildman–Crippen LogP) is 4.92. The second-order valence-electron chi connectivity index (χ2n) is 7.95. The molecule has 0 unspecified atom stereocenters. The summed E-state index contributed by atoms with van der Waals surface area (Å²) in [6.45, 7) is 4.33. The van der Waals surface area contributed by atoms with Gasteiger partial charge >= 0.3 is 0 Å². The number of nitrogens with zero attached hydrogens (tertiary/aromatic N) is 2. The molecule has 0 spiro atoms. The van der Waals surface area contributed by atoms with Crippen molar-refractivity contribution < 1.29 is 4.42 Å². The van der Waals surface area contributed by atoms with E-state index in [1.165, 1.54) is 22.3 Å². The van der Waals surface area contributed by atoms with Gasteiger partial charge in [-0.15, -0.1) is 0 Å². The van der Waals surface area contributed by atoms with Gasteiger partial charge in [-0.25, -0.2) is 4.58 Å². The number of hydrogen-bond donors (Lipinski definition) is 0. The van der Waals surface area contributed by atoms with Crippen molar-refractivity contribution in [3.63, 3.8) is 0 Å². The zero-order chi connectivity index (χ0) is 20.0. The molecule has 3 nitrogen and oxygen atoms in total. The Kier molecular flexibility index (Phi) is 4.46. The lowest BCUT2D eigenvalue weighted by molar-refractivity contribution is 0.617. The fourth-order valence-electron chi connectivity index (χ4n) is 3.81. The van der Waals surface area contributed by atoms with Gasteiger partial charge in [-0.2, -0.15) is 0 Å². The molecule has 0 aromatic heterocycles. The van der Waals surface area contributed by atoms with Crippen molar-refractivity contribution in [2.75, 3.05) is 33.1 Å². The summed E-state index contributed by atoms with van der Waals surface area (Å²) in [5.41, 5.74) is 8.23. The zero-order valence-electron chi connectivity index (χ0n) is 17.5. The predicted molar refractivity (Wildman–Crippen MR) is 119 cm³/mol. The molecular formula is C25H27N2O+. The first kappa shape index (κ1) is 18.3. The molecule has 0 radical (unpaired) electrons. The highest BCUT2D eigenvalue weighted by molar-refractivity contribution is 6.03. The fraction of sp³-hybridized carbons (Fsp3) is 0.240. The number of benzene rings is 3. The van der Waals surface area contributed by atoms with Crippen molar-refractivity contribution in [2.45, 2.75) is 13.8 Å². The Morgan fingerprint density at radius 1 is 0.821 bits per heavy atom. The van der Waals surface area contributed by atoms with E-state index in [9.17, 15) is 0 Å². The number of anilines is 1. The van der Waals surface area contributed by atoms with Crippen LogP contribution in [0, 0.1) is 13.8 Å². The molecule has 0 fully saturated rings. The fourth-order valence-corrected chi connectivity index (χ4v) is 3.81. The summed E-state index contributed by atoms with van der Waals surface area (Å²) in [5, 5.41) is 2.27. The van der Waals surface area contributed by atoms with Crippen LogP contribution in [0.25, 0.3) is 33.4 Å². The topological polar surface area (TPSA) is 19.4 Å². The van der Waals surface area contributed by atoms with E-state index in [4.69, 9.17) is 4.42 Å². The molecule has 3 heteroatoms. The Hall–Kier alpha value is -3.07. The van der Waals surface area contributed by atoms with Crippen LogP contribution < -0.4 is 14.8 Å². The first-order chi connectivity index (χ1) is 13.3. The molecule has 0 bridgehead atoms. The minimum Gasteiger partial charge on any atom is -0.456 e. The summed E-state index contributed by atoms with van der Waals surface area (Å²) in [5.74, 6) is 0.907. The second kappa shape index (κ2) is 6.83.